The minimum atomic E-state index is -4.66. The number of rotatable bonds is 1. The Kier molecular flexibility index (Phi) is 3.13. The highest BCUT2D eigenvalue weighted by Crippen LogP contribution is 2.36. The molecule has 22 heavy (non-hydrogen) atoms. The number of anilines is 1. The molecule has 0 fully saturated rings. The average Bonchev–Trinajstić information content (AvgIpc) is 2.47. The lowest BCUT2D eigenvalue weighted by molar-refractivity contribution is -0.140. The molecule has 112 valence electrons. The molecular weight excluding hydrogens is 297 g/mol. The van der Waals surface area contributed by atoms with E-state index in [-0.39, 0.29) is 28.0 Å². The van der Waals surface area contributed by atoms with Crippen molar-refractivity contribution in [3.8, 4) is 11.3 Å². The number of benzene rings is 1. The summed E-state index contributed by atoms with van der Waals surface area (Å²) in [7, 11) is 0. The monoisotopic (exact) mass is 306 g/mol. The maximum atomic E-state index is 13.0. The second kappa shape index (κ2) is 4.87. The van der Waals surface area contributed by atoms with Crippen LogP contribution in [0.2, 0.25) is 0 Å². The number of nitrogens with two attached hydrogens (primary N) is 1. The Bertz CT molecular complexity index is 917. The lowest BCUT2D eigenvalue weighted by atomic mass is 10.1. The van der Waals surface area contributed by atoms with Crippen molar-refractivity contribution in [2.45, 2.75) is 6.18 Å². The molecule has 2 N–H and O–H groups in total. The molecule has 0 bridgehead atoms. The van der Waals surface area contributed by atoms with Gasteiger partial charge in [0.05, 0.1) is 11.1 Å². The van der Waals surface area contributed by atoms with Crippen molar-refractivity contribution in [1.29, 1.82) is 0 Å². The van der Waals surface area contributed by atoms with E-state index in [2.05, 4.69) is 4.98 Å². The van der Waals surface area contributed by atoms with E-state index in [1.54, 1.807) is 6.07 Å². The first-order valence-electron chi connectivity index (χ1n) is 6.23. The zero-order valence-electron chi connectivity index (χ0n) is 11.0. The first-order valence-corrected chi connectivity index (χ1v) is 6.23. The SMILES string of the molecule is Nc1cccc2c(=O)cc(-c3cccnc3C(F)(F)F)oc12. The van der Waals surface area contributed by atoms with E-state index >= 15 is 0 Å². The molecule has 0 atom stereocenters. The molecule has 4 nitrogen and oxygen atoms in total. The molecule has 1 aromatic carbocycles. The van der Waals surface area contributed by atoms with E-state index in [4.69, 9.17) is 10.2 Å². The average molecular weight is 306 g/mol. The van der Waals surface area contributed by atoms with Crippen molar-refractivity contribution in [3.63, 3.8) is 0 Å². The Morgan fingerprint density at radius 3 is 2.64 bits per heavy atom. The van der Waals surface area contributed by atoms with Gasteiger partial charge in [-0.15, -0.1) is 0 Å². The fourth-order valence-corrected chi connectivity index (χ4v) is 2.16. The number of para-hydroxylation sites is 1. The molecule has 3 rings (SSSR count). The van der Waals surface area contributed by atoms with Crippen LogP contribution in [0.1, 0.15) is 5.69 Å². The number of nitrogen functional groups attached to an aromatic ring is 1. The van der Waals surface area contributed by atoms with Crippen molar-refractivity contribution >= 4 is 16.7 Å². The van der Waals surface area contributed by atoms with Crippen molar-refractivity contribution in [2.24, 2.45) is 0 Å². The summed E-state index contributed by atoms with van der Waals surface area (Å²) >= 11 is 0. The standard InChI is InChI=1S/C15H9F3N2O2/c16-15(17,18)14-9(4-2-6-20-14)12-7-11(21)8-3-1-5-10(19)13(8)22-12/h1-7H,19H2. The summed E-state index contributed by atoms with van der Waals surface area (Å²) in [6, 6.07) is 8.11. The fourth-order valence-electron chi connectivity index (χ4n) is 2.16. The third-order valence-electron chi connectivity index (χ3n) is 3.13. The highest BCUT2D eigenvalue weighted by Gasteiger charge is 2.36. The minimum absolute atomic E-state index is 0.0574. The van der Waals surface area contributed by atoms with Crippen molar-refractivity contribution < 1.29 is 17.6 Å². The predicted molar refractivity (Wildman–Crippen MR) is 75.1 cm³/mol. The van der Waals surface area contributed by atoms with E-state index in [9.17, 15) is 18.0 Å². The van der Waals surface area contributed by atoms with Crippen LogP contribution in [0.3, 0.4) is 0 Å². The van der Waals surface area contributed by atoms with Gasteiger partial charge >= 0.3 is 6.18 Å². The molecule has 0 saturated heterocycles. The molecule has 0 amide bonds. The summed E-state index contributed by atoms with van der Waals surface area (Å²) in [4.78, 5) is 15.4. The molecule has 0 unspecified atom stereocenters. The Morgan fingerprint density at radius 1 is 1.14 bits per heavy atom. The van der Waals surface area contributed by atoms with Gasteiger partial charge in [0.25, 0.3) is 0 Å². The Morgan fingerprint density at radius 2 is 1.91 bits per heavy atom. The molecule has 0 aliphatic carbocycles. The van der Waals surface area contributed by atoms with Crippen LogP contribution in [0.15, 0.2) is 51.8 Å². The van der Waals surface area contributed by atoms with E-state index in [1.807, 2.05) is 0 Å². The molecule has 2 heterocycles. The maximum absolute atomic E-state index is 13.0. The molecule has 3 aromatic rings. The molecule has 0 saturated carbocycles. The molecule has 0 radical (unpaired) electrons. The summed E-state index contributed by atoms with van der Waals surface area (Å²) in [5.41, 5.74) is 4.06. The van der Waals surface area contributed by atoms with Gasteiger partial charge in [-0.2, -0.15) is 13.2 Å². The van der Waals surface area contributed by atoms with Gasteiger partial charge in [0.1, 0.15) is 5.76 Å². The van der Waals surface area contributed by atoms with Crippen LogP contribution in [0, 0.1) is 0 Å². The number of alkyl halides is 3. The van der Waals surface area contributed by atoms with Gasteiger partial charge in [-0.25, -0.2) is 0 Å². The van der Waals surface area contributed by atoms with Gasteiger partial charge in [0.2, 0.25) is 0 Å². The Labute approximate surface area is 122 Å². The van der Waals surface area contributed by atoms with E-state index in [1.165, 1.54) is 24.3 Å². The van der Waals surface area contributed by atoms with Gasteiger partial charge in [-0.05, 0) is 24.3 Å². The van der Waals surface area contributed by atoms with E-state index in [0.717, 1.165) is 12.3 Å². The van der Waals surface area contributed by atoms with Crippen molar-refractivity contribution in [1.82, 2.24) is 4.98 Å². The van der Waals surface area contributed by atoms with Gasteiger partial charge in [0.15, 0.2) is 16.7 Å². The smallest absolute Gasteiger partial charge is 0.434 e. The van der Waals surface area contributed by atoms with Gasteiger partial charge < -0.3 is 10.2 Å². The Hall–Kier alpha value is -2.83. The minimum Gasteiger partial charge on any atom is -0.454 e. The van der Waals surface area contributed by atoms with Crippen molar-refractivity contribution in [2.75, 3.05) is 5.73 Å². The lowest BCUT2D eigenvalue weighted by Gasteiger charge is -2.11. The number of hydrogen-bond acceptors (Lipinski definition) is 4. The molecule has 0 spiro atoms. The highest BCUT2D eigenvalue weighted by atomic mass is 19.4. The molecule has 0 aliphatic rings. The summed E-state index contributed by atoms with van der Waals surface area (Å²) < 4.78 is 44.5. The zero-order valence-corrected chi connectivity index (χ0v) is 11.0. The number of fused-ring (bicyclic) bond motifs is 1. The second-order valence-corrected chi connectivity index (χ2v) is 4.60. The first kappa shape index (κ1) is 14.1. The second-order valence-electron chi connectivity index (χ2n) is 4.60. The third kappa shape index (κ3) is 2.30. The highest BCUT2D eigenvalue weighted by molar-refractivity contribution is 5.88. The predicted octanol–water partition coefficient (Wildman–Crippen LogP) is 3.46. The number of hydrogen-bond donors (Lipinski definition) is 1. The Balaban J connectivity index is 2.33. The number of aromatic nitrogens is 1. The summed E-state index contributed by atoms with van der Waals surface area (Å²) in [5.74, 6) is -0.226. The summed E-state index contributed by atoms with van der Waals surface area (Å²) in [5, 5.41) is 0.209. The fraction of sp³-hybridized carbons (Fsp3) is 0.0667. The third-order valence-corrected chi connectivity index (χ3v) is 3.13. The van der Waals surface area contributed by atoms with Crippen LogP contribution in [-0.2, 0) is 6.18 Å². The molecular formula is C15H9F3N2O2. The first-order chi connectivity index (χ1) is 10.4. The molecule has 0 aliphatic heterocycles. The van der Waals surface area contributed by atoms with Crippen LogP contribution in [-0.4, -0.2) is 4.98 Å². The normalized spacial score (nSPS) is 11.8. The summed E-state index contributed by atoms with van der Waals surface area (Å²) in [6.45, 7) is 0. The van der Waals surface area contributed by atoms with E-state index in [0.29, 0.717) is 0 Å². The largest absolute Gasteiger partial charge is 0.454 e. The van der Waals surface area contributed by atoms with Crippen LogP contribution < -0.4 is 11.2 Å². The number of nitrogens with zero attached hydrogens (tertiary/aromatic N) is 1. The topological polar surface area (TPSA) is 69.1 Å². The molecule has 2 aromatic heterocycles. The summed E-state index contributed by atoms with van der Waals surface area (Å²) in [6.07, 6.45) is -3.63. The lowest BCUT2D eigenvalue weighted by Crippen LogP contribution is -2.10. The van der Waals surface area contributed by atoms with Crippen LogP contribution >= 0.6 is 0 Å². The van der Waals surface area contributed by atoms with Gasteiger partial charge in [-0.1, -0.05) is 6.07 Å². The zero-order chi connectivity index (χ0) is 15.9. The van der Waals surface area contributed by atoms with E-state index < -0.39 is 17.3 Å². The van der Waals surface area contributed by atoms with Crippen molar-refractivity contribution in [3.05, 3.63) is 58.5 Å². The number of halogens is 3. The van der Waals surface area contributed by atoms with Gasteiger partial charge in [-0.3, -0.25) is 9.78 Å². The van der Waals surface area contributed by atoms with Crippen LogP contribution in [0.5, 0.6) is 0 Å². The number of pyridine rings is 1. The van der Waals surface area contributed by atoms with Crippen LogP contribution in [0.25, 0.3) is 22.3 Å². The quantitative estimate of drug-likeness (QED) is 0.699. The van der Waals surface area contributed by atoms with Crippen LogP contribution in [0.4, 0.5) is 18.9 Å². The molecule has 7 heteroatoms. The maximum Gasteiger partial charge on any atom is 0.434 e. The van der Waals surface area contributed by atoms with Gasteiger partial charge in [0, 0.05) is 17.8 Å².